The van der Waals surface area contributed by atoms with Crippen LogP contribution >= 0.6 is 11.6 Å². The fourth-order valence-corrected chi connectivity index (χ4v) is 1.73. The molecule has 0 atom stereocenters. The standard InChI is InChI=1S/C14H24ClN3O/c1-5-7-8-18-13(19)12(15)11(9-17-18)16-10-14(3,4)6-2/h9,16H,5-8,10H2,1-4H3. The van der Waals surface area contributed by atoms with Crippen molar-refractivity contribution in [3.05, 3.63) is 21.6 Å². The van der Waals surface area contributed by atoms with E-state index in [1.165, 1.54) is 4.68 Å². The molecule has 0 radical (unpaired) electrons. The molecule has 0 bridgehead atoms. The predicted molar refractivity (Wildman–Crippen MR) is 81.0 cm³/mol. The van der Waals surface area contributed by atoms with Gasteiger partial charge in [0.15, 0.2) is 0 Å². The Morgan fingerprint density at radius 1 is 1.42 bits per heavy atom. The molecule has 0 aliphatic carbocycles. The zero-order chi connectivity index (χ0) is 14.5. The monoisotopic (exact) mass is 285 g/mol. The second kappa shape index (κ2) is 6.94. The lowest BCUT2D eigenvalue weighted by molar-refractivity contribution is 0.377. The number of anilines is 1. The van der Waals surface area contributed by atoms with Crippen LogP contribution in [0.3, 0.4) is 0 Å². The van der Waals surface area contributed by atoms with Gasteiger partial charge >= 0.3 is 0 Å². The smallest absolute Gasteiger partial charge is 0.287 e. The van der Waals surface area contributed by atoms with Crippen molar-refractivity contribution in [2.45, 2.75) is 53.5 Å². The third-order valence-corrected chi connectivity index (χ3v) is 3.79. The van der Waals surface area contributed by atoms with Crippen LogP contribution in [0.25, 0.3) is 0 Å². The average molecular weight is 286 g/mol. The number of hydrogen-bond acceptors (Lipinski definition) is 3. The topological polar surface area (TPSA) is 46.9 Å². The minimum absolute atomic E-state index is 0.167. The highest BCUT2D eigenvalue weighted by Crippen LogP contribution is 2.22. The molecule has 1 aromatic heterocycles. The largest absolute Gasteiger partial charge is 0.382 e. The maximum absolute atomic E-state index is 12.0. The van der Waals surface area contributed by atoms with Crippen molar-refractivity contribution < 1.29 is 0 Å². The fraction of sp³-hybridized carbons (Fsp3) is 0.714. The Balaban J connectivity index is 2.82. The van der Waals surface area contributed by atoms with Crippen LogP contribution in [0.4, 0.5) is 5.69 Å². The van der Waals surface area contributed by atoms with Gasteiger partial charge < -0.3 is 5.32 Å². The van der Waals surface area contributed by atoms with Crippen LogP contribution in [0.15, 0.2) is 11.0 Å². The number of aromatic nitrogens is 2. The molecule has 0 saturated carbocycles. The molecule has 0 amide bonds. The van der Waals surface area contributed by atoms with Crippen LogP contribution in [-0.4, -0.2) is 16.3 Å². The summed E-state index contributed by atoms with van der Waals surface area (Å²) in [6.45, 7) is 9.95. The van der Waals surface area contributed by atoms with Gasteiger partial charge in [-0.25, -0.2) is 4.68 Å². The van der Waals surface area contributed by atoms with E-state index in [0.717, 1.165) is 25.8 Å². The van der Waals surface area contributed by atoms with E-state index in [9.17, 15) is 4.79 Å². The Bertz CT molecular complexity index is 468. The van der Waals surface area contributed by atoms with E-state index >= 15 is 0 Å². The molecule has 0 aliphatic rings. The van der Waals surface area contributed by atoms with Crippen molar-refractivity contribution in [2.75, 3.05) is 11.9 Å². The van der Waals surface area contributed by atoms with Crippen molar-refractivity contribution >= 4 is 17.3 Å². The summed E-state index contributed by atoms with van der Waals surface area (Å²) < 4.78 is 1.43. The number of hydrogen-bond donors (Lipinski definition) is 1. The zero-order valence-electron chi connectivity index (χ0n) is 12.3. The summed E-state index contributed by atoms with van der Waals surface area (Å²) in [5, 5.41) is 7.62. The van der Waals surface area contributed by atoms with E-state index < -0.39 is 0 Å². The summed E-state index contributed by atoms with van der Waals surface area (Å²) in [6.07, 6.45) is 4.65. The summed E-state index contributed by atoms with van der Waals surface area (Å²) in [7, 11) is 0. The number of nitrogens with one attached hydrogen (secondary N) is 1. The third-order valence-electron chi connectivity index (χ3n) is 3.42. The summed E-state index contributed by atoms with van der Waals surface area (Å²) in [4.78, 5) is 12.0. The number of aryl methyl sites for hydroxylation is 1. The summed E-state index contributed by atoms with van der Waals surface area (Å²) in [6, 6.07) is 0. The molecule has 1 N–H and O–H groups in total. The maximum Gasteiger partial charge on any atom is 0.287 e. The molecule has 0 unspecified atom stereocenters. The fourth-order valence-electron chi connectivity index (χ4n) is 1.51. The van der Waals surface area contributed by atoms with Crippen LogP contribution in [0.2, 0.25) is 5.02 Å². The molecule has 1 rings (SSSR count). The van der Waals surface area contributed by atoms with Crippen LogP contribution < -0.4 is 10.9 Å². The molecule has 4 nitrogen and oxygen atoms in total. The lowest BCUT2D eigenvalue weighted by atomic mass is 9.90. The number of halogens is 1. The van der Waals surface area contributed by atoms with Gasteiger partial charge in [0.1, 0.15) is 5.02 Å². The quantitative estimate of drug-likeness (QED) is 0.833. The Morgan fingerprint density at radius 2 is 2.11 bits per heavy atom. The number of rotatable bonds is 7. The average Bonchev–Trinajstić information content (AvgIpc) is 2.39. The molecular weight excluding hydrogens is 262 g/mol. The highest BCUT2D eigenvalue weighted by atomic mass is 35.5. The van der Waals surface area contributed by atoms with Crippen molar-refractivity contribution in [1.29, 1.82) is 0 Å². The van der Waals surface area contributed by atoms with Crippen molar-refractivity contribution in [3.63, 3.8) is 0 Å². The van der Waals surface area contributed by atoms with E-state index in [0.29, 0.717) is 12.2 Å². The molecule has 5 heteroatoms. The van der Waals surface area contributed by atoms with Gasteiger partial charge in [-0.05, 0) is 18.3 Å². The maximum atomic E-state index is 12.0. The Labute approximate surface area is 120 Å². The molecule has 0 spiro atoms. The third kappa shape index (κ3) is 4.53. The molecule has 108 valence electrons. The molecule has 19 heavy (non-hydrogen) atoms. The molecule has 0 aliphatic heterocycles. The first-order valence-corrected chi connectivity index (χ1v) is 7.28. The van der Waals surface area contributed by atoms with Crippen LogP contribution in [0, 0.1) is 5.41 Å². The second-order valence-electron chi connectivity index (χ2n) is 5.63. The van der Waals surface area contributed by atoms with E-state index in [1.54, 1.807) is 6.20 Å². The minimum Gasteiger partial charge on any atom is -0.382 e. The summed E-state index contributed by atoms with van der Waals surface area (Å²) >= 11 is 6.11. The highest BCUT2D eigenvalue weighted by molar-refractivity contribution is 6.32. The van der Waals surface area contributed by atoms with Crippen LogP contribution in [0.1, 0.15) is 47.0 Å². The minimum atomic E-state index is -0.213. The van der Waals surface area contributed by atoms with Crippen LogP contribution in [0.5, 0.6) is 0 Å². The molecule has 1 aromatic rings. The number of nitrogens with zero attached hydrogens (tertiary/aromatic N) is 2. The van der Waals surface area contributed by atoms with E-state index in [1.807, 2.05) is 0 Å². The Hall–Kier alpha value is -1.03. The first kappa shape index (κ1) is 16.0. The van der Waals surface area contributed by atoms with Gasteiger partial charge in [0.25, 0.3) is 5.56 Å². The number of unbranched alkanes of at least 4 members (excludes halogenated alkanes) is 1. The molecule has 0 fully saturated rings. The van der Waals surface area contributed by atoms with Gasteiger partial charge in [-0.15, -0.1) is 0 Å². The molecule has 1 heterocycles. The second-order valence-corrected chi connectivity index (χ2v) is 6.00. The summed E-state index contributed by atoms with van der Waals surface area (Å²) in [5.74, 6) is 0. The van der Waals surface area contributed by atoms with E-state index in [4.69, 9.17) is 11.6 Å². The van der Waals surface area contributed by atoms with Crippen molar-refractivity contribution in [3.8, 4) is 0 Å². The lowest BCUT2D eigenvalue weighted by Crippen LogP contribution is -2.27. The molecule has 0 aromatic carbocycles. The van der Waals surface area contributed by atoms with E-state index in [2.05, 4.69) is 38.1 Å². The van der Waals surface area contributed by atoms with Crippen molar-refractivity contribution in [2.24, 2.45) is 5.41 Å². The first-order chi connectivity index (χ1) is 8.91. The van der Waals surface area contributed by atoms with Gasteiger partial charge in [-0.1, -0.05) is 45.7 Å². The van der Waals surface area contributed by atoms with E-state index in [-0.39, 0.29) is 16.0 Å². The van der Waals surface area contributed by atoms with Crippen molar-refractivity contribution in [1.82, 2.24) is 9.78 Å². The predicted octanol–water partition coefficient (Wildman–Crippen LogP) is 3.54. The van der Waals surface area contributed by atoms with Gasteiger partial charge in [-0.2, -0.15) is 5.10 Å². The Kier molecular flexibility index (Phi) is 5.85. The first-order valence-electron chi connectivity index (χ1n) is 6.90. The van der Waals surface area contributed by atoms with Crippen LogP contribution in [-0.2, 0) is 6.54 Å². The zero-order valence-corrected chi connectivity index (χ0v) is 13.0. The van der Waals surface area contributed by atoms with Gasteiger partial charge in [0.05, 0.1) is 11.9 Å². The summed E-state index contributed by atoms with van der Waals surface area (Å²) in [5.41, 5.74) is 0.579. The van der Waals surface area contributed by atoms with Gasteiger partial charge in [0.2, 0.25) is 0 Å². The molecule has 0 saturated heterocycles. The highest BCUT2D eigenvalue weighted by Gasteiger charge is 2.16. The molecular formula is C14H24ClN3O. The normalized spacial score (nSPS) is 11.6. The SMILES string of the molecule is CCCCn1ncc(NCC(C)(C)CC)c(Cl)c1=O. The Morgan fingerprint density at radius 3 is 2.68 bits per heavy atom. The lowest BCUT2D eigenvalue weighted by Gasteiger charge is -2.23. The van der Waals surface area contributed by atoms with Gasteiger partial charge in [-0.3, -0.25) is 4.79 Å². The van der Waals surface area contributed by atoms with Gasteiger partial charge in [0, 0.05) is 13.1 Å².